The lowest BCUT2D eigenvalue weighted by atomic mass is 9.78. The summed E-state index contributed by atoms with van der Waals surface area (Å²) in [6, 6.07) is 0. The molecule has 1 aliphatic rings. The molecule has 0 saturated carbocycles. The molecule has 0 aromatic heterocycles. The van der Waals surface area contributed by atoms with E-state index in [1.807, 2.05) is 11.9 Å². The number of hydrogen-bond acceptors (Lipinski definition) is 2. The topological polar surface area (TPSA) is 32.3 Å². The zero-order chi connectivity index (χ0) is 11.3. The van der Waals surface area contributed by atoms with Crippen LogP contribution in [0.5, 0.6) is 0 Å². The fourth-order valence-corrected chi connectivity index (χ4v) is 2.60. The largest absolute Gasteiger partial charge is 0.341 e. The molecule has 0 radical (unpaired) electrons. The molecule has 96 valence electrons. The molecule has 1 saturated heterocycles. The highest BCUT2D eigenvalue weighted by atomic mass is 35.5. The molecule has 1 aliphatic heterocycles. The molecule has 4 heteroatoms. The van der Waals surface area contributed by atoms with Gasteiger partial charge >= 0.3 is 0 Å². The summed E-state index contributed by atoms with van der Waals surface area (Å²) in [5.41, 5.74) is 0.358. The van der Waals surface area contributed by atoms with Crippen molar-refractivity contribution in [3.63, 3.8) is 0 Å². The van der Waals surface area contributed by atoms with Gasteiger partial charge in [-0.15, -0.1) is 12.4 Å². The molecule has 0 bridgehead atoms. The van der Waals surface area contributed by atoms with Crippen molar-refractivity contribution in [2.75, 3.05) is 26.7 Å². The molecule has 0 aromatic rings. The van der Waals surface area contributed by atoms with Crippen LogP contribution in [0.4, 0.5) is 0 Å². The average Bonchev–Trinajstić information content (AvgIpc) is 2.18. The van der Waals surface area contributed by atoms with Crippen molar-refractivity contribution in [2.45, 2.75) is 39.5 Å². The summed E-state index contributed by atoms with van der Waals surface area (Å²) in [6.07, 6.45) is 4.87. The number of carbonyl (C=O) groups is 1. The smallest absolute Gasteiger partial charge is 0.236 e. The van der Waals surface area contributed by atoms with Crippen LogP contribution in [0.25, 0.3) is 0 Å². The normalized spacial score (nSPS) is 25.1. The van der Waals surface area contributed by atoms with Crippen LogP contribution in [0.15, 0.2) is 0 Å². The van der Waals surface area contributed by atoms with Crippen LogP contribution < -0.4 is 5.32 Å². The highest BCUT2D eigenvalue weighted by molar-refractivity contribution is 5.85. The van der Waals surface area contributed by atoms with E-state index in [1.54, 1.807) is 0 Å². The van der Waals surface area contributed by atoms with Gasteiger partial charge in [0.25, 0.3) is 0 Å². The Morgan fingerprint density at radius 1 is 1.50 bits per heavy atom. The lowest BCUT2D eigenvalue weighted by molar-refractivity contribution is -0.133. The van der Waals surface area contributed by atoms with E-state index >= 15 is 0 Å². The molecule has 1 heterocycles. The van der Waals surface area contributed by atoms with Crippen LogP contribution in [0.3, 0.4) is 0 Å². The van der Waals surface area contributed by atoms with Crippen LogP contribution >= 0.6 is 12.4 Å². The van der Waals surface area contributed by atoms with E-state index in [1.165, 1.54) is 19.3 Å². The number of piperidine rings is 1. The van der Waals surface area contributed by atoms with Gasteiger partial charge in [-0.25, -0.2) is 0 Å². The van der Waals surface area contributed by atoms with Gasteiger partial charge in [0, 0.05) is 13.1 Å². The standard InChI is InChI=1S/C12H24N2O.ClH/c1-4-6-12(2)7-5-8-14(10-12)11(15)9-13-3;/h13H,4-10H2,1-3H3;1H. The molecular weight excluding hydrogens is 224 g/mol. The molecule has 0 aromatic carbocycles. The number of halogens is 1. The summed E-state index contributed by atoms with van der Waals surface area (Å²) in [5.74, 6) is 0.250. The number of carbonyl (C=O) groups excluding carboxylic acids is 1. The fraction of sp³-hybridized carbons (Fsp3) is 0.917. The van der Waals surface area contributed by atoms with Gasteiger partial charge in [-0.2, -0.15) is 0 Å². The number of amides is 1. The molecule has 1 rings (SSSR count). The highest BCUT2D eigenvalue weighted by Crippen LogP contribution is 2.33. The molecule has 1 fully saturated rings. The van der Waals surface area contributed by atoms with Crippen molar-refractivity contribution in [1.82, 2.24) is 10.2 Å². The van der Waals surface area contributed by atoms with Gasteiger partial charge in [0.15, 0.2) is 0 Å². The minimum atomic E-state index is 0. The van der Waals surface area contributed by atoms with Crippen LogP contribution in [0.2, 0.25) is 0 Å². The summed E-state index contributed by atoms with van der Waals surface area (Å²) in [6.45, 7) is 6.90. The van der Waals surface area contributed by atoms with Gasteiger partial charge in [-0.1, -0.05) is 20.3 Å². The summed E-state index contributed by atoms with van der Waals surface area (Å²) in [5, 5.41) is 2.93. The van der Waals surface area contributed by atoms with Crippen molar-refractivity contribution >= 4 is 18.3 Å². The van der Waals surface area contributed by atoms with E-state index in [9.17, 15) is 4.79 Å². The summed E-state index contributed by atoms with van der Waals surface area (Å²) < 4.78 is 0. The average molecular weight is 249 g/mol. The van der Waals surface area contributed by atoms with E-state index in [4.69, 9.17) is 0 Å². The third kappa shape index (κ3) is 4.30. The van der Waals surface area contributed by atoms with Crippen molar-refractivity contribution in [3.05, 3.63) is 0 Å². The number of likely N-dealkylation sites (N-methyl/N-ethyl adjacent to an activating group) is 1. The molecule has 1 atom stereocenters. The quantitative estimate of drug-likeness (QED) is 0.826. The number of rotatable bonds is 4. The first kappa shape index (κ1) is 15.7. The summed E-state index contributed by atoms with van der Waals surface area (Å²) in [4.78, 5) is 13.8. The molecule has 1 unspecified atom stereocenters. The first-order valence-electron chi connectivity index (χ1n) is 6.04. The van der Waals surface area contributed by atoms with Gasteiger partial charge in [0.1, 0.15) is 0 Å². The Kier molecular flexibility index (Phi) is 7.00. The maximum Gasteiger partial charge on any atom is 0.236 e. The lowest BCUT2D eigenvalue weighted by Gasteiger charge is -2.40. The third-order valence-electron chi connectivity index (χ3n) is 3.32. The number of nitrogens with zero attached hydrogens (tertiary/aromatic N) is 1. The van der Waals surface area contributed by atoms with Crippen molar-refractivity contribution in [2.24, 2.45) is 5.41 Å². The molecular formula is C12H25ClN2O. The van der Waals surface area contributed by atoms with Gasteiger partial charge in [-0.05, 0) is 31.7 Å². The maximum atomic E-state index is 11.8. The van der Waals surface area contributed by atoms with Gasteiger partial charge in [-0.3, -0.25) is 4.79 Å². The van der Waals surface area contributed by atoms with Crippen LogP contribution in [0.1, 0.15) is 39.5 Å². The minimum Gasteiger partial charge on any atom is -0.341 e. The second-order valence-corrected chi connectivity index (χ2v) is 5.01. The zero-order valence-corrected chi connectivity index (χ0v) is 11.5. The molecule has 16 heavy (non-hydrogen) atoms. The van der Waals surface area contributed by atoms with Crippen LogP contribution in [0, 0.1) is 5.41 Å². The number of likely N-dealkylation sites (tertiary alicyclic amines) is 1. The van der Waals surface area contributed by atoms with Crippen molar-refractivity contribution in [3.8, 4) is 0 Å². The first-order chi connectivity index (χ1) is 7.11. The molecule has 3 nitrogen and oxygen atoms in total. The predicted molar refractivity (Wildman–Crippen MR) is 70.0 cm³/mol. The Morgan fingerprint density at radius 2 is 2.19 bits per heavy atom. The highest BCUT2D eigenvalue weighted by Gasteiger charge is 2.31. The Balaban J connectivity index is 0.00000225. The first-order valence-corrected chi connectivity index (χ1v) is 6.04. The Hall–Kier alpha value is -0.280. The van der Waals surface area contributed by atoms with Gasteiger partial charge in [0.2, 0.25) is 5.91 Å². The summed E-state index contributed by atoms with van der Waals surface area (Å²) in [7, 11) is 1.83. The van der Waals surface area contributed by atoms with Crippen molar-refractivity contribution in [1.29, 1.82) is 0 Å². The Morgan fingerprint density at radius 3 is 2.75 bits per heavy atom. The molecule has 1 amide bonds. The number of nitrogens with one attached hydrogen (secondary N) is 1. The fourth-order valence-electron chi connectivity index (χ4n) is 2.60. The number of hydrogen-bond donors (Lipinski definition) is 1. The second-order valence-electron chi connectivity index (χ2n) is 5.01. The van der Waals surface area contributed by atoms with Gasteiger partial charge in [0.05, 0.1) is 6.54 Å². The van der Waals surface area contributed by atoms with E-state index < -0.39 is 0 Å². The summed E-state index contributed by atoms with van der Waals surface area (Å²) >= 11 is 0. The van der Waals surface area contributed by atoms with E-state index in [0.717, 1.165) is 19.5 Å². The van der Waals surface area contributed by atoms with Gasteiger partial charge < -0.3 is 10.2 Å². The predicted octanol–water partition coefficient (Wildman–Crippen LogP) is 2.06. The molecule has 1 N–H and O–H groups in total. The van der Waals surface area contributed by atoms with Crippen molar-refractivity contribution < 1.29 is 4.79 Å². The molecule has 0 spiro atoms. The van der Waals surface area contributed by atoms with Crippen LogP contribution in [-0.2, 0) is 4.79 Å². The van der Waals surface area contributed by atoms with E-state index in [-0.39, 0.29) is 18.3 Å². The maximum absolute atomic E-state index is 11.8. The lowest BCUT2D eigenvalue weighted by Crippen LogP contribution is -2.47. The minimum absolute atomic E-state index is 0. The molecule has 0 aliphatic carbocycles. The van der Waals surface area contributed by atoms with E-state index in [0.29, 0.717) is 12.0 Å². The monoisotopic (exact) mass is 248 g/mol. The zero-order valence-electron chi connectivity index (χ0n) is 10.7. The Labute approximate surface area is 105 Å². The third-order valence-corrected chi connectivity index (χ3v) is 3.32. The second kappa shape index (κ2) is 7.13. The SMILES string of the molecule is CCCC1(C)CCCN(C(=O)CNC)C1.Cl. The van der Waals surface area contributed by atoms with E-state index in [2.05, 4.69) is 19.2 Å². The van der Waals surface area contributed by atoms with Crippen LogP contribution in [-0.4, -0.2) is 37.5 Å². The Bertz CT molecular complexity index is 219.